The average Bonchev–Trinajstić information content (AvgIpc) is 3.00. The molecule has 0 unspecified atom stereocenters. The van der Waals surface area contributed by atoms with Gasteiger partial charge in [-0.1, -0.05) is 54.1 Å². The second kappa shape index (κ2) is 12.8. The highest BCUT2D eigenvalue weighted by Crippen LogP contribution is 2.37. The lowest BCUT2D eigenvalue weighted by molar-refractivity contribution is 0.462. The molecule has 0 aromatic heterocycles. The molecule has 238 valence electrons. The van der Waals surface area contributed by atoms with Crippen LogP contribution in [-0.2, 0) is 25.7 Å². The molecule has 5 aromatic rings. The van der Waals surface area contributed by atoms with Crippen LogP contribution in [-0.4, -0.2) is 25.5 Å². The smallest absolute Gasteiger partial charge is 0.122 e. The number of aryl methyl sites for hydroxylation is 5. The minimum atomic E-state index is 0.252. The molecule has 0 aliphatic heterocycles. The largest absolute Gasteiger partial charge is 0.508 e. The lowest BCUT2D eigenvalue weighted by Crippen LogP contribution is -2.04. The zero-order chi connectivity index (χ0) is 33.4. The summed E-state index contributed by atoms with van der Waals surface area (Å²) in [6.45, 7) is 13.6. The topological polar surface area (TPSA) is 101 Å². The van der Waals surface area contributed by atoms with Gasteiger partial charge in [-0.15, -0.1) is 0 Å². The molecule has 0 saturated carbocycles. The lowest BCUT2D eigenvalue weighted by atomic mass is 9.87. The molecule has 0 fully saturated rings. The summed E-state index contributed by atoms with van der Waals surface area (Å²) in [5.41, 5.74) is 13.6. The number of hydrogen-bond acceptors (Lipinski definition) is 5. The first-order valence-electron chi connectivity index (χ1n) is 15.7. The van der Waals surface area contributed by atoms with Crippen LogP contribution in [0.3, 0.4) is 0 Å². The van der Waals surface area contributed by atoms with Crippen molar-refractivity contribution in [2.45, 2.75) is 74.1 Å². The fourth-order valence-corrected chi connectivity index (χ4v) is 6.57. The van der Waals surface area contributed by atoms with Crippen molar-refractivity contribution in [1.29, 1.82) is 0 Å². The molecule has 5 heteroatoms. The fourth-order valence-electron chi connectivity index (χ4n) is 6.57. The van der Waals surface area contributed by atoms with Gasteiger partial charge in [0, 0.05) is 36.8 Å². The Morgan fingerprint density at radius 1 is 0.391 bits per heavy atom. The van der Waals surface area contributed by atoms with Crippen molar-refractivity contribution in [1.82, 2.24) is 0 Å². The molecule has 5 aromatic carbocycles. The fraction of sp³-hybridized carbons (Fsp3) is 0.268. The maximum Gasteiger partial charge on any atom is 0.122 e. The van der Waals surface area contributed by atoms with Crippen LogP contribution in [0.2, 0.25) is 0 Å². The van der Waals surface area contributed by atoms with Crippen LogP contribution in [0.4, 0.5) is 0 Å². The lowest BCUT2D eigenvalue weighted by Gasteiger charge is -2.19. The van der Waals surface area contributed by atoms with E-state index in [-0.39, 0.29) is 28.7 Å². The van der Waals surface area contributed by atoms with E-state index in [1.165, 1.54) is 0 Å². The number of phenols is 5. The molecule has 46 heavy (non-hydrogen) atoms. The molecule has 0 atom stereocenters. The minimum absolute atomic E-state index is 0.252. The van der Waals surface area contributed by atoms with E-state index in [0.29, 0.717) is 25.7 Å². The highest BCUT2D eigenvalue weighted by atomic mass is 16.3. The third-order valence-corrected chi connectivity index (χ3v) is 9.43. The van der Waals surface area contributed by atoms with E-state index >= 15 is 0 Å². The molecule has 0 heterocycles. The summed E-state index contributed by atoms with van der Waals surface area (Å²) in [4.78, 5) is 0. The van der Waals surface area contributed by atoms with Crippen molar-refractivity contribution in [3.05, 3.63) is 144 Å². The summed E-state index contributed by atoms with van der Waals surface area (Å²) in [7, 11) is 0. The molecule has 0 aliphatic rings. The summed E-state index contributed by atoms with van der Waals surface area (Å²) in [5, 5.41) is 53.7. The monoisotopic (exact) mass is 616 g/mol. The molecule has 0 radical (unpaired) electrons. The molecule has 5 N–H and O–H groups in total. The Labute approximate surface area is 272 Å². The molecule has 0 saturated heterocycles. The van der Waals surface area contributed by atoms with Crippen molar-refractivity contribution < 1.29 is 25.5 Å². The molecule has 5 rings (SSSR count). The van der Waals surface area contributed by atoms with E-state index < -0.39 is 0 Å². The van der Waals surface area contributed by atoms with Gasteiger partial charge in [0.2, 0.25) is 0 Å². The Morgan fingerprint density at radius 3 is 1.15 bits per heavy atom. The summed E-state index contributed by atoms with van der Waals surface area (Å²) in [6, 6.07) is 19.1. The Morgan fingerprint density at radius 2 is 0.783 bits per heavy atom. The van der Waals surface area contributed by atoms with Crippen LogP contribution >= 0.6 is 0 Å². The highest BCUT2D eigenvalue weighted by Gasteiger charge is 2.19. The zero-order valence-electron chi connectivity index (χ0n) is 27.8. The second-order valence-corrected chi connectivity index (χ2v) is 13.0. The van der Waals surface area contributed by atoms with Gasteiger partial charge in [-0.3, -0.25) is 0 Å². The van der Waals surface area contributed by atoms with Gasteiger partial charge in [0.25, 0.3) is 0 Å². The van der Waals surface area contributed by atoms with Crippen LogP contribution in [0.25, 0.3) is 0 Å². The summed E-state index contributed by atoms with van der Waals surface area (Å²) >= 11 is 0. The minimum Gasteiger partial charge on any atom is -0.508 e. The van der Waals surface area contributed by atoms with Gasteiger partial charge in [-0.25, -0.2) is 0 Å². The van der Waals surface area contributed by atoms with Crippen molar-refractivity contribution in [3.8, 4) is 28.7 Å². The number of rotatable bonds is 8. The van der Waals surface area contributed by atoms with E-state index in [1.807, 2.05) is 97.0 Å². The Hall–Kier alpha value is -4.90. The zero-order valence-corrected chi connectivity index (χ0v) is 27.8. The highest BCUT2D eigenvalue weighted by molar-refractivity contribution is 5.57. The van der Waals surface area contributed by atoms with Crippen molar-refractivity contribution in [2.24, 2.45) is 0 Å². The SMILES string of the molecule is Cc1cc(Cc2cc(C)c(O)c(Cc3ccc(O)c(C)c3)c2C)c(O)c(Cc2cc(C)c(O)c(Cc3ccc(O)c(C)c3)c2C)c1. The van der Waals surface area contributed by atoms with Gasteiger partial charge in [-0.05, 0) is 127 Å². The van der Waals surface area contributed by atoms with Crippen molar-refractivity contribution in [3.63, 3.8) is 0 Å². The van der Waals surface area contributed by atoms with Gasteiger partial charge in [0.1, 0.15) is 28.7 Å². The molecule has 0 spiro atoms. The third-order valence-electron chi connectivity index (χ3n) is 9.43. The van der Waals surface area contributed by atoms with Crippen LogP contribution in [0, 0.1) is 48.5 Å². The Balaban J connectivity index is 1.48. The van der Waals surface area contributed by atoms with Crippen molar-refractivity contribution in [2.75, 3.05) is 0 Å². The molecule has 5 nitrogen and oxygen atoms in total. The van der Waals surface area contributed by atoms with Gasteiger partial charge < -0.3 is 25.5 Å². The average molecular weight is 617 g/mol. The third kappa shape index (κ3) is 6.55. The van der Waals surface area contributed by atoms with Gasteiger partial charge in [0.15, 0.2) is 0 Å². The molecular weight excluding hydrogens is 572 g/mol. The van der Waals surface area contributed by atoms with Gasteiger partial charge in [0.05, 0.1) is 0 Å². The van der Waals surface area contributed by atoms with E-state index in [0.717, 1.165) is 83.5 Å². The van der Waals surface area contributed by atoms with Gasteiger partial charge in [-0.2, -0.15) is 0 Å². The Bertz CT molecular complexity index is 1830. The van der Waals surface area contributed by atoms with Crippen LogP contribution in [0.5, 0.6) is 28.7 Å². The number of hydrogen-bond donors (Lipinski definition) is 5. The normalized spacial score (nSPS) is 11.3. The van der Waals surface area contributed by atoms with Crippen molar-refractivity contribution >= 4 is 0 Å². The van der Waals surface area contributed by atoms with Crippen LogP contribution in [0.1, 0.15) is 83.5 Å². The number of phenolic OH excluding ortho intramolecular Hbond substituents is 5. The second-order valence-electron chi connectivity index (χ2n) is 13.0. The number of aromatic hydroxyl groups is 5. The summed E-state index contributed by atoms with van der Waals surface area (Å²) < 4.78 is 0. The Kier molecular flexibility index (Phi) is 9.07. The first-order valence-corrected chi connectivity index (χ1v) is 15.7. The van der Waals surface area contributed by atoms with Crippen LogP contribution < -0.4 is 0 Å². The molecular formula is C41H44O5. The van der Waals surface area contributed by atoms with E-state index in [1.54, 1.807) is 12.1 Å². The van der Waals surface area contributed by atoms with E-state index in [4.69, 9.17) is 0 Å². The molecule has 0 bridgehead atoms. The predicted octanol–water partition coefficient (Wildman–Crippen LogP) is 8.74. The first-order chi connectivity index (χ1) is 21.7. The molecule has 0 aliphatic carbocycles. The standard InChI is InChI=1S/C41H44O5/c1-22-12-33(20-31-16-25(4)39(44)35(27(31)6)18-29-8-10-37(42)23(2)14-29)41(46)34(13-22)21-32-17-26(5)40(45)36(28(32)7)19-30-9-11-38(43)24(3)15-30/h8-17,42-46H,18-21H2,1-7H3. The number of benzene rings is 5. The predicted molar refractivity (Wildman–Crippen MR) is 185 cm³/mol. The maximum atomic E-state index is 11.6. The summed E-state index contributed by atoms with van der Waals surface area (Å²) in [6.07, 6.45) is 2.08. The maximum absolute atomic E-state index is 11.6. The van der Waals surface area contributed by atoms with E-state index in [2.05, 4.69) is 0 Å². The quantitative estimate of drug-likeness (QED) is 0.120. The summed E-state index contributed by atoms with van der Waals surface area (Å²) in [5.74, 6) is 1.31. The van der Waals surface area contributed by atoms with Crippen LogP contribution in [0.15, 0.2) is 60.7 Å². The molecule has 0 amide bonds. The first kappa shape index (κ1) is 32.5. The van der Waals surface area contributed by atoms with E-state index in [9.17, 15) is 25.5 Å². The van der Waals surface area contributed by atoms with Gasteiger partial charge >= 0.3 is 0 Å².